The van der Waals surface area contributed by atoms with Crippen LogP contribution >= 0.6 is 23.2 Å². The topological polar surface area (TPSA) is 77.5 Å². The fourth-order valence-corrected chi connectivity index (χ4v) is 3.75. The van der Waals surface area contributed by atoms with Crippen LogP contribution in [0.25, 0.3) is 33.9 Å². The van der Waals surface area contributed by atoms with Gasteiger partial charge in [-0.1, -0.05) is 29.3 Å². The molecule has 0 atom stereocenters. The van der Waals surface area contributed by atoms with Crippen molar-refractivity contribution < 1.29 is 18.4 Å². The molecule has 2 heterocycles. The molecular weight excluding hydrogens is 463 g/mol. The van der Waals surface area contributed by atoms with Crippen molar-refractivity contribution in [1.82, 2.24) is 4.98 Å². The molecule has 0 aliphatic heterocycles. The number of methoxy groups -OCH3 is 1. The molecule has 5 rings (SSSR count). The van der Waals surface area contributed by atoms with Crippen molar-refractivity contribution in [2.75, 3.05) is 12.4 Å². The molecule has 0 saturated carbocycles. The highest BCUT2D eigenvalue weighted by Crippen LogP contribution is 2.32. The Bertz CT molecular complexity index is 1490. The molecule has 0 aliphatic rings. The zero-order chi connectivity index (χ0) is 22.9. The number of carbonyl (C=O) groups excluding carboxylic acids is 1. The number of anilines is 1. The summed E-state index contributed by atoms with van der Waals surface area (Å²) >= 11 is 12.3. The Balaban J connectivity index is 1.37. The average Bonchev–Trinajstić information content (AvgIpc) is 3.48. The van der Waals surface area contributed by atoms with E-state index in [1.54, 1.807) is 55.6 Å². The second-order valence-corrected chi connectivity index (χ2v) is 8.02. The molecule has 1 N–H and O–H groups in total. The van der Waals surface area contributed by atoms with E-state index in [0.29, 0.717) is 49.8 Å². The standard InChI is InChI=1S/C25H16Cl2N2O4/c1-31-17-4-2-3-14(11-17)25-29-20-13-16(6-8-22(20)33-25)28-24(30)23-10-9-21(32-23)18-12-15(26)5-7-19(18)27/h2-13H,1H3,(H,28,30). The zero-order valence-corrected chi connectivity index (χ0v) is 18.8. The maximum atomic E-state index is 12.7. The number of oxazole rings is 1. The van der Waals surface area contributed by atoms with Crippen molar-refractivity contribution >= 4 is 45.9 Å². The van der Waals surface area contributed by atoms with Crippen LogP contribution in [0.5, 0.6) is 5.75 Å². The maximum Gasteiger partial charge on any atom is 0.291 e. The lowest BCUT2D eigenvalue weighted by Crippen LogP contribution is -2.10. The summed E-state index contributed by atoms with van der Waals surface area (Å²) in [5.41, 5.74) is 3.16. The molecule has 2 aromatic heterocycles. The van der Waals surface area contributed by atoms with E-state index in [9.17, 15) is 4.79 Å². The fourth-order valence-electron chi connectivity index (χ4n) is 3.37. The van der Waals surface area contributed by atoms with Gasteiger partial charge < -0.3 is 18.9 Å². The predicted octanol–water partition coefficient (Wildman–Crippen LogP) is 7.32. The minimum Gasteiger partial charge on any atom is -0.497 e. The van der Waals surface area contributed by atoms with Crippen LogP contribution in [0.15, 0.2) is 81.6 Å². The van der Waals surface area contributed by atoms with E-state index in [-0.39, 0.29) is 5.76 Å². The lowest BCUT2D eigenvalue weighted by molar-refractivity contribution is 0.0997. The third kappa shape index (κ3) is 4.31. The summed E-state index contributed by atoms with van der Waals surface area (Å²) in [7, 11) is 1.60. The van der Waals surface area contributed by atoms with Crippen LogP contribution in [0.2, 0.25) is 10.0 Å². The van der Waals surface area contributed by atoms with Gasteiger partial charge in [-0.15, -0.1) is 0 Å². The van der Waals surface area contributed by atoms with E-state index in [2.05, 4.69) is 10.3 Å². The first kappa shape index (κ1) is 21.1. The Morgan fingerprint density at radius 1 is 0.970 bits per heavy atom. The van der Waals surface area contributed by atoms with Gasteiger partial charge in [0.15, 0.2) is 11.3 Å². The molecular formula is C25H16Cl2N2O4. The highest BCUT2D eigenvalue weighted by atomic mass is 35.5. The van der Waals surface area contributed by atoms with E-state index in [1.165, 1.54) is 0 Å². The van der Waals surface area contributed by atoms with Gasteiger partial charge in [-0.25, -0.2) is 4.98 Å². The summed E-state index contributed by atoms with van der Waals surface area (Å²) in [5.74, 6) is 1.34. The maximum absolute atomic E-state index is 12.7. The van der Waals surface area contributed by atoms with Crippen molar-refractivity contribution in [2.24, 2.45) is 0 Å². The highest BCUT2D eigenvalue weighted by Gasteiger charge is 2.16. The number of nitrogens with one attached hydrogen (secondary N) is 1. The Morgan fingerprint density at radius 2 is 1.85 bits per heavy atom. The Morgan fingerprint density at radius 3 is 2.70 bits per heavy atom. The number of carbonyl (C=O) groups is 1. The van der Waals surface area contributed by atoms with Gasteiger partial charge in [0.25, 0.3) is 5.91 Å². The molecule has 0 fully saturated rings. The predicted molar refractivity (Wildman–Crippen MR) is 128 cm³/mol. The van der Waals surface area contributed by atoms with Crippen LogP contribution in [0.3, 0.4) is 0 Å². The number of aromatic nitrogens is 1. The van der Waals surface area contributed by atoms with E-state index in [4.69, 9.17) is 36.8 Å². The molecule has 0 bridgehead atoms. The zero-order valence-electron chi connectivity index (χ0n) is 17.3. The van der Waals surface area contributed by atoms with Gasteiger partial charge in [0.1, 0.15) is 17.0 Å². The quantitative estimate of drug-likeness (QED) is 0.286. The monoisotopic (exact) mass is 478 g/mol. The smallest absolute Gasteiger partial charge is 0.291 e. The molecule has 0 unspecified atom stereocenters. The summed E-state index contributed by atoms with van der Waals surface area (Å²) < 4.78 is 16.8. The van der Waals surface area contributed by atoms with Gasteiger partial charge in [-0.2, -0.15) is 0 Å². The number of hydrogen-bond donors (Lipinski definition) is 1. The Labute approximate surface area is 198 Å². The number of benzene rings is 3. The van der Waals surface area contributed by atoms with Crippen LogP contribution in [0.1, 0.15) is 10.6 Å². The molecule has 6 nitrogen and oxygen atoms in total. The second kappa shape index (κ2) is 8.65. The molecule has 0 aliphatic carbocycles. The van der Waals surface area contributed by atoms with Gasteiger partial charge in [0.2, 0.25) is 5.89 Å². The van der Waals surface area contributed by atoms with E-state index >= 15 is 0 Å². The number of amides is 1. The van der Waals surface area contributed by atoms with Crippen LogP contribution in [0, 0.1) is 0 Å². The normalized spacial score (nSPS) is 11.0. The number of ether oxygens (including phenoxy) is 1. The number of furan rings is 1. The van der Waals surface area contributed by atoms with E-state index < -0.39 is 5.91 Å². The lowest BCUT2D eigenvalue weighted by Gasteiger charge is -2.03. The number of halogens is 2. The van der Waals surface area contributed by atoms with Crippen LogP contribution in [0.4, 0.5) is 5.69 Å². The molecule has 0 saturated heterocycles. The number of hydrogen-bond acceptors (Lipinski definition) is 5. The van der Waals surface area contributed by atoms with Crippen molar-refractivity contribution in [3.8, 4) is 28.5 Å². The summed E-state index contributed by atoms with van der Waals surface area (Å²) in [6.07, 6.45) is 0. The summed E-state index contributed by atoms with van der Waals surface area (Å²) in [4.78, 5) is 17.3. The first-order valence-electron chi connectivity index (χ1n) is 9.92. The third-order valence-corrected chi connectivity index (χ3v) is 5.55. The second-order valence-electron chi connectivity index (χ2n) is 7.18. The minimum absolute atomic E-state index is 0.137. The molecule has 0 spiro atoms. The largest absolute Gasteiger partial charge is 0.497 e. The molecule has 33 heavy (non-hydrogen) atoms. The fraction of sp³-hybridized carbons (Fsp3) is 0.0400. The summed E-state index contributed by atoms with van der Waals surface area (Å²) in [5, 5.41) is 3.81. The molecule has 0 radical (unpaired) electrons. The summed E-state index contributed by atoms with van der Waals surface area (Å²) in [6, 6.07) is 21.0. The first-order chi connectivity index (χ1) is 16.0. The van der Waals surface area contributed by atoms with Crippen LogP contribution < -0.4 is 10.1 Å². The lowest BCUT2D eigenvalue weighted by atomic mass is 10.2. The number of rotatable bonds is 5. The molecule has 5 aromatic rings. The van der Waals surface area contributed by atoms with Crippen molar-refractivity contribution in [1.29, 1.82) is 0 Å². The number of nitrogens with zero attached hydrogens (tertiary/aromatic N) is 1. The van der Waals surface area contributed by atoms with Gasteiger partial charge in [-0.05, 0) is 66.7 Å². The SMILES string of the molecule is COc1cccc(-c2nc3cc(NC(=O)c4ccc(-c5cc(Cl)ccc5Cl)o4)ccc3o2)c1. The molecule has 164 valence electrons. The molecule has 8 heteroatoms. The van der Waals surface area contributed by atoms with Crippen LogP contribution in [-0.2, 0) is 0 Å². The minimum atomic E-state index is -0.407. The van der Waals surface area contributed by atoms with Gasteiger partial charge in [0, 0.05) is 21.8 Å². The first-order valence-corrected chi connectivity index (χ1v) is 10.7. The summed E-state index contributed by atoms with van der Waals surface area (Å²) in [6.45, 7) is 0. The molecule has 3 aromatic carbocycles. The van der Waals surface area contributed by atoms with Gasteiger partial charge in [-0.3, -0.25) is 4.79 Å². The van der Waals surface area contributed by atoms with Crippen molar-refractivity contribution in [2.45, 2.75) is 0 Å². The van der Waals surface area contributed by atoms with Gasteiger partial charge >= 0.3 is 0 Å². The van der Waals surface area contributed by atoms with Crippen molar-refractivity contribution in [3.05, 3.63) is 88.6 Å². The number of fused-ring (bicyclic) bond motifs is 1. The molecule has 1 amide bonds. The van der Waals surface area contributed by atoms with E-state index in [0.717, 1.165) is 5.56 Å². The van der Waals surface area contributed by atoms with Crippen molar-refractivity contribution in [3.63, 3.8) is 0 Å². The Hall–Kier alpha value is -3.74. The van der Waals surface area contributed by atoms with E-state index in [1.807, 2.05) is 24.3 Å². The Kier molecular flexibility index (Phi) is 5.54. The van der Waals surface area contributed by atoms with Gasteiger partial charge in [0.05, 0.1) is 12.1 Å². The third-order valence-electron chi connectivity index (χ3n) is 4.99. The highest BCUT2D eigenvalue weighted by molar-refractivity contribution is 6.35. The van der Waals surface area contributed by atoms with Crippen LogP contribution in [-0.4, -0.2) is 18.0 Å². The average molecular weight is 479 g/mol.